The van der Waals surface area contributed by atoms with E-state index in [0.717, 1.165) is 16.9 Å². The van der Waals surface area contributed by atoms with Gasteiger partial charge in [-0.15, -0.1) is 0 Å². The first kappa shape index (κ1) is 18.0. The van der Waals surface area contributed by atoms with Crippen LogP contribution in [0.3, 0.4) is 0 Å². The van der Waals surface area contributed by atoms with Crippen molar-refractivity contribution in [3.63, 3.8) is 0 Å². The van der Waals surface area contributed by atoms with Crippen LogP contribution in [0.1, 0.15) is 35.7 Å². The number of hydrogen-bond acceptors (Lipinski definition) is 6. The molecule has 4 aromatic rings. The average molecular weight is 379 g/mol. The van der Waals surface area contributed by atoms with Gasteiger partial charge in [-0.25, -0.2) is 4.98 Å². The number of carbonyl (C=O) groups excluding carboxylic acids is 1. The quantitative estimate of drug-likeness (QED) is 0.509. The number of nitrogens with zero attached hydrogens (tertiary/aromatic N) is 3. The predicted octanol–water partition coefficient (Wildman–Crippen LogP) is 3.46. The Balaban J connectivity index is 1.25. The lowest BCUT2D eigenvalue weighted by atomic mass is 10.1. The number of amides is 1. The summed E-state index contributed by atoms with van der Waals surface area (Å²) >= 11 is 0. The summed E-state index contributed by atoms with van der Waals surface area (Å²) in [6.45, 7) is 4.50. The maximum atomic E-state index is 12.1. The molecule has 2 N–H and O–H groups in total. The van der Waals surface area contributed by atoms with Crippen LogP contribution in [0, 0.1) is 13.8 Å². The van der Waals surface area contributed by atoms with Crippen LogP contribution in [-0.4, -0.2) is 26.0 Å². The zero-order valence-electron chi connectivity index (χ0n) is 15.8. The van der Waals surface area contributed by atoms with Crippen molar-refractivity contribution in [1.29, 1.82) is 0 Å². The minimum atomic E-state index is -0.0430. The van der Waals surface area contributed by atoms with Crippen LogP contribution in [0.4, 0.5) is 0 Å². The summed E-state index contributed by atoms with van der Waals surface area (Å²) < 4.78 is 10.4. The number of H-pyrrole nitrogens is 1. The summed E-state index contributed by atoms with van der Waals surface area (Å²) in [7, 11) is 0. The fraction of sp³-hybridized carbons (Fsp3) is 0.300. The summed E-state index contributed by atoms with van der Waals surface area (Å²) in [5, 5.41) is 6.76. The van der Waals surface area contributed by atoms with Crippen molar-refractivity contribution in [1.82, 2.24) is 25.4 Å². The van der Waals surface area contributed by atoms with E-state index in [1.807, 2.05) is 6.07 Å². The third-order valence-corrected chi connectivity index (χ3v) is 4.60. The van der Waals surface area contributed by atoms with Crippen LogP contribution < -0.4 is 5.32 Å². The largest absolute Gasteiger partial charge is 0.461 e. The van der Waals surface area contributed by atoms with Crippen molar-refractivity contribution in [3.8, 4) is 11.6 Å². The minimum absolute atomic E-state index is 0.0430. The van der Waals surface area contributed by atoms with Gasteiger partial charge in [0.25, 0.3) is 0 Å². The van der Waals surface area contributed by atoms with Crippen LogP contribution in [0.25, 0.3) is 22.6 Å². The number of benzene rings is 1. The van der Waals surface area contributed by atoms with Gasteiger partial charge in [0.1, 0.15) is 5.82 Å². The molecule has 0 spiro atoms. The molecule has 0 saturated carbocycles. The Morgan fingerprint density at radius 1 is 1.21 bits per heavy atom. The molecule has 0 unspecified atom stereocenters. The van der Waals surface area contributed by atoms with E-state index in [1.165, 1.54) is 11.1 Å². The molecule has 0 bridgehead atoms. The number of imidazole rings is 1. The van der Waals surface area contributed by atoms with E-state index in [0.29, 0.717) is 43.3 Å². The van der Waals surface area contributed by atoms with Crippen LogP contribution in [0.5, 0.6) is 0 Å². The Kier molecular flexibility index (Phi) is 4.92. The highest BCUT2D eigenvalue weighted by molar-refractivity contribution is 5.78. The smallest absolute Gasteiger partial charge is 0.238 e. The molecular formula is C20H21N5O3. The van der Waals surface area contributed by atoms with Crippen molar-refractivity contribution in [2.75, 3.05) is 0 Å². The highest BCUT2D eigenvalue weighted by Crippen LogP contribution is 2.18. The van der Waals surface area contributed by atoms with Gasteiger partial charge in [0.15, 0.2) is 5.76 Å². The van der Waals surface area contributed by atoms with Gasteiger partial charge in [-0.2, -0.15) is 4.98 Å². The van der Waals surface area contributed by atoms with Crippen molar-refractivity contribution < 1.29 is 13.7 Å². The molecule has 0 fully saturated rings. The average Bonchev–Trinajstić information content (AvgIpc) is 3.40. The number of carbonyl (C=O) groups is 1. The standard InChI is InChI=1S/C20H21N5O3/c1-12-9-14-15(10-13(12)2)23-17(22-14)11-21-18(26)6-3-7-19-24-20(25-28-19)16-5-4-8-27-16/h4-5,8-10H,3,6-7,11H2,1-2H3,(H,21,26)(H,22,23). The molecule has 1 aromatic carbocycles. The molecule has 0 aliphatic carbocycles. The van der Waals surface area contributed by atoms with Gasteiger partial charge >= 0.3 is 0 Å². The van der Waals surface area contributed by atoms with Gasteiger partial charge in [-0.05, 0) is 55.7 Å². The molecule has 3 aromatic heterocycles. The second kappa shape index (κ2) is 7.67. The lowest BCUT2D eigenvalue weighted by Crippen LogP contribution is -2.23. The first-order chi connectivity index (χ1) is 13.6. The second-order valence-electron chi connectivity index (χ2n) is 6.76. The summed E-state index contributed by atoms with van der Waals surface area (Å²) in [6, 6.07) is 7.65. The molecule has 1 amide bonds. The Labute approximate surface area is 161 Å². The molecular weight excluding hydrogens is 358 g/mol. The summed E-state index contributed by atoms with van der Waals surface area (Å²) in [4.78, 5) is 24.1. The lowest BCUT2D eigenvalue weighted by molar-refractivity contribution is -0.121. The Bertz CT molecular complexity index is 1060. The number of furan rings is 1. The third kappa shape index (κ3) is 3.95. The molecule has 144 valence electrons. The van der Waals surface area contributed by atoms with Gasteiger partial charge < -0.3 is 19.2 Å². The second-order valence-corrected chi connectivity index (χ2v) is 6.76. The zero-order valence-corrected chi connectivity index (χ0v) is 15.8. The number of aromatic amines is 1. The Hall–Kier alpha value is -3.42. The monoisotopic (exact) mass is 379 g/mol. The predicted molar refractivity (Wildman–Crippen MR) is 102 cm³/mol. The normalized spacial score (nSPS) is 11.2. The van der Waals surface area contributed by atoms with Gasteiger partial charge in [-0.3, -0.25) is 4.79 Å². The molecule has 0 aliphatic heterocycles. The number of aromatic nitrogens is 4. The molecule has 3 heterocycles. The van der Waals surface area contributed by atoms with Crippen LogP contribution >= 0.6 is 0 Å². The molecule has 8 nitrogen and oxygen atoms in total. The van der Waals surface area contributed by atoms with Gasteiger partial charge in [0.05, 0.1) is 23.8 Å². The number of hydrogen-bond donors (Lipinski definition) is 2. The minimum Gasteiger partial charge on any atom is -0.461 e. The van der Waals surface area contributed by atoms with E-state index < -0.39 is 0 Å². The van der Waals surface area contributed by atoms with Gasteiger partial charge in [-0.1, -0.05) is 5.16 Å². The fourth-order valence-electron chi connectivity index (χ4n) is 2.94. The number of nitrogens with one attached hydrogen (secondary N) is 2. The summed E-state index contributed by atoms with van der Waals surface area (Å²) in [6.07, 6.45) is 3.07. The van der Waals surface area contributed by atoms with E-state index in [1.54, 1.807) is 18.4 Å². The SMILES string of the molecule is Cc1cc2nc(CNC(=O)CCCc3nc(-c4ccco4)no3)[nH]c2cc1C. The van der Waals surface area contributed by atoms with Crippen molar-refractivity contribution in [3.05, 3.63) is 53.4 Å². The molecule has 0 radical (unpaired) electrons. The Morgan fingerprint density at radius 2 is 2.07 bits per heavy atom. The van der Waals surface area contributed by atoms with E-state index in [2.05, 4.69) is 45.3 Å². The molecule has 0 saturated heterocycles. The number of rotatable bonds is 7. The topological polar surface area (TPSA) is 110 Å². The summed E-state index contributed by atoms with van der Waals surface area (Å²) in [5.74, 6) is 2.16. The maximum Gasteiger partial charge on any atom is 0.238 e. The first-order valence-corrected chi connectivity index (χ1v) is 9.17. The summed E-state index contributed by atoms with van der Waals surface area (Å²) in [5.41, 5.74) is 4.31. The van der Waals surface area contributed by atoms with Gasteiger partial charge in [0, 0.05) is 12.8 Å². The third-order valence-electron chi connectivity index (χ3n) is 4.60. The highest BCUT2D eigenvalue weighted by atomic mass is 16.5. The van der Waals surface area contributed by atoms with E-state index in [9.17, 15) is 4.79 Å². The van der Waals surface area contributed by atoms with Crippen LogP contribution in [0.15, 0.2) is 39.5 Å². The van der Waals surface area contributed by atoms with E-state index in [4.69, 9.17) is 8.94 Å². The zero-order chi connectivity index (χ0) is 19.5. The number of aryl methyl sites for hydroxylation is 3. The Morgan fingerprint density at radius 3 is 2.89 bits per heavy atom. The van der Waals surface area contributed by atoms with Crippen LogP contribution in [0.2, 0.25) is 0 Å². The molecule has 0 aliphatic rings. The number of fused-ring (bicyclic) bond motifs is 1. The first-order valence-electron chi connectivity index (χ1n) is 9.17. The highest BCUT2D eigenvalue weighted by Gasteiger charge is 2.12. The lowest BCUT2D eigenvalue weighted by Gasteiger charge is -2.02. The van der Waals surface area contributed by atoms with Crippen molar-refractivity contribution in [2.45, 2.75) is 39.7 Å². The molecule has 4 rings (SSSR count). The van der Waals surface area contributed by atoms with E-state index >= 15 is 0 Å². The maximum absolute atomic E-state index is 12.1. The molecule has 0 atom stereocenters. The van der Waals surface area contributed by atoms with Crippen molar-refractivity contribution >= 4 is 16.9 Å². The van der Waals surface area contributed by atoms with Gasteiger partial charge in [0.2, 0.25) is 17.6 Å². The molecule has 8 heteroatoms. The van der Waals surface area contributed by atoms with E-state index in [-0.39, 0.29) is 5.91 Å². The molecule has 28 heavy (non-hydrogen) atoms. The fourth-order valence-corrected chi connectivity index (χ4v) is 2.94. The van der Waals surface area contributed by atoms with Crippen molar-refractivity contribution in [2.24, 2.45) is 0 Å². The van der Waals surface area contributed by atoms with Crippen LogP contribution in [-0.2, 0) is 17.8 Å².